The van der Waals surface area contributed by atoms with Crippen LogP contribution in [0.4, 0.5) is 0 Å². The molecule has 0 N–H and O–H groups in total. The van der Waals surface area contributed by atoms with Crippen LogP contribution in [0.25, 0.3) is 248 Å². The molecule has 0 aliphatic heterocycles. The van der Waals surface area contributed by atoms with Crippen molar-refractivity contribution in [2.75, 3.05) is 0 Å². The molecule has 0 radical (unpaired) electrons. The highest BCUT2D eigenvalue weighted by molar-refractivity contribution is 6.33. The molecular weight excluding hydrogens is 1480 g/mol. The fourth-order valence-electron chi connectivity index (χ4n) is 21.0. The van der Waals surface area contributed by atoms with E-state index < -0.39 is 0 Å². The highest BCUT2D eigenvalue weighted by Crippen LogP contribution is 2.55. The van der Waals surface area contributed by atoms with Crippen LogP contribution < -0.4 is 0 Å². The summed E-state index contributed by atoms with van der Waals surface area (Å²) in [7, 11) is 0. The largest absolute Gasteiger partial charge is 0.309 e. The van der Waals surface area contributed by atoms with Gasteiger partial charge in [-0.05, 0) is 245 Å². The molecule has 3 heterocycles. The first-order chi connectivity index (χ1) is 61.1. The fourth-order valence-corrected chi connectivity index (χ4v) is 21.0. The lowest BCUT2D eigenvalue weighted by Crippen LogP contribution is -1.96. The molecule has 21 aromatic carbocycles. The van der Waals surface area contributed by atoms with Gasteiger partial charge in [0.15, 0.2) is 0 Å². The number of nitrogens with zero attached hydrogens (tertiary/aromatic N) is 3. The summed E-state index contributed by atoms with van der Waals surface area (Å²) in [4.78, 5) is 0. The van der Waals surface area contributed by atoms with Crippen molar-refractivity contribution in [1.29, 1.82) is 0 Å². The van der Waals surface area contributed by atoms with Gasteiger partial charge in [0.1, 0.15) is 0 Å². The third-order valence-electron chi connectivity index (χ3n) is 26.2. The van der Waals surface area contributed by atoms with Gasteiger partial charge >= 0.3 is 0 Å². The third-order valence-corrected chi connectivity index (χ3v) is 26.2. The van der Waals surface area contributed by atoms with Crippen LogP contribution in [0.3, 0.4) is 0 Å². The summed E-state index contributed by atoms with van der Waals surface area (Å²) in [5.74, 6) is 0. The van der Waals surface area contributed by atoms with Gasteiger partial charge in [-0.3, -0.25) is 0 Å². The number of fused-ring (bicyclic) bond motifs is 9. The summed E-state index contributed by atoms with van der Waals surface area (Å²) in [5.41, 5.74) is 41.4. The van der Waals surface area contributed by atoms with Crippen LogP contribution in [0, 0.1) is 0 Å². The summed E-state index contributed by atoms with van der Waals surface area (Å²) in [6.07, 6.45) is 0. The molecule has 570 valence electrons. The molecule has 0 unspecified atom stereocenters. The topological polar surface area (TPSA) is 14.8 Å². The zero-order valence-electron chi connectivity index (χ0n) is 67.1. The lowest BCUT2D eigenvalue weighted by molar-refractivity contribution is 1.18. The first-order valence-corrected chi connectivity index (χ1v) is 42.6. The van der Waals surface area contributed by atoms with Crippen molar-refractivity contribution < 1.29 is 0 Å². The van der Waals surface area contributed by atoms with Crippen molar-refractivity contribution in [3.63, 3.8) is 0 Å². The van der Waals surface area contributed by atoms with Gasteiger partial charge < -0.3 is 13.7 Å². The standard InChI is InChI=1S/3C40H25N/c1-3-11-26(12-4-1)29-23-30(27-13-5-2-6-14-27)25-31(24-29)41-36-20-10-19-35-33-17-8-7-16-32(33)34-18-9-15-28-21-22-37(41)40(38(28)34)39(35)36;1-2-11-26(12-3-1)30-16-4-5-17-31(30)28-14-8-15-29(25-28)41-36-22-10-21-35-33-19-7-6-18-32(33)34-20-9-13-27-23-24-37(41)40(38(27)34)39(35)36;1-2-10-26(11-3-1)30-13-4-5-14-31(30)27-20-23-29(24-21-27)41-36-19-9-18-35-33-16-7-6-15-32(33)34-17-8-12-28-22-25-37(41)40(38(28)34)39(35)36/h3*1-25H. The summed E-state index contributed by atoms with van der Waals surface area (Å²) < 4.78 is 7.40. The number of rotatable bonds is 9. The first-order valence-electron chi connectivity index (χ1n) is 42.6. The van der Waals surface area contributed by atoms with Crippen molar-refractivity contribution in [2.24, 2.45) is 0 Å². The molecule has 0 saturated carbocycles. The van der Waals surface area contributed by atoms with E-state index in [2.05, 4.69) is 469 Å². The maximum atomic E-state index is 2.48. The molecular formula is C120H75N3. The Hall–Kier alpha value is -16.2. The maximum Gasteiger partial charge on any atom is 0.0548 e. The SMILES string of the molecule is c1ccc(-c2cc(-c3ccccc3)cc(-n3c4cccc5c4c4c6c(cccc6ccc43)-c3ccccc3-5)c2)cc1.c1ccc(-c2ccccc2-c2ccc(-n3c4cccc5c4c4c6c(cccc6ccc43)-c3ccccc3-5)cc2)cc1.c1ccc(-c2ccccc2-c2cccc(-n3c4cccc5c4c4c6c(cccc6ccc43)-c3ccccc3-5)c2)cc1. The summed E-state index contributed by atoms with van der Waals surface area (Å²) >= 11 is 0. The molecule has 0 fully saturated rings. The van der Waals surface area contributed by atoms with Gasteiger partial charge in [0.05, 0.1) is 33.1 Å². The van der Waals surface area contributed by atoms with E-state index in [0.717, 1.165) is 0 Å². The zero-order chi connectivity index (χ0) is 80.7. The van der Waals surface area contributed by atoms with E-state index in [1.807, 2.05) is 0 Å². The first kappa shape index (κ1) is 69.9. The van der Waals surface area contributed by atoms with Gasteiger partial charge in [-0.25, -0.2) is 0 Å². The van der Waals surface area contributed by atoms with Crippen LogP contribution in [0.2, 0.25) is 0 Å². The second-order valence-corrected chi connectivity index (χ2v) is 32.8. The Balaban J connectivity index is 0.000000101. The molecule has 0 atom stereocenters. The number of aromatic nitrogens is 3. The van der Waals surface area contributed by atoms with Crippen LogP contribution in [-0.2, 0) is 0 Å². The van der Waals surface area contributed by atoms with Gasteiger partial charge in [-0.1, -0.05) is 376 Å². The van der Waals surface area contributed by atoms with Crippen molar-refractivity contribution >= 4 is 97.7 Å². The third kappa shape index (κ3) is 11.0. The highest BCUT2D eigenvalue weighted by atomic mass is 15.0. The fraction of sp³-hybridized carbons (Fsp3) is 0. The van der Waals surface area contributed by atoms with Gasteiger partial charge in [0.25, 0.3) is 0 Å². The molecule has 3 aromatic heterocycles. The Labute approximate surface area is 712 Å². The van der Waals surface area contributed by atoms with Crippen molar-refractivity contribution in [3.05, 3.63) is 455 Å². The van der Waals surface area contributed by atoms with Crippen molar-refractivity contribution in [2.45, 2.75) is 0 Å². The quantitative estimate of drug-likeness (QED) is 0.137. The molecule has 3 aliphatic rings. The Morgan fingerprint density at radius 3 is 0.707 bits per heavy atom. The second-order valence-electron chi connectivity index (χ2n) is 32.8. The second kappa shape index (κ2) is 28.3. The van der Waals surface area contributed by atoms with Crippen molar-refractivity contribution in [3.8, 4) is 151 Å². The smallest absolute Gasteiger partial charge is 0.0548 e. The average Bonchev–Trinajstić information content (AvgIpc) is 1.55. The summed E-state index contributed by atoms with van der Waals surface area (Å²) in [6, 6.07) is 166. The van der Waals surface area contributed by atoms with Gasteiger partial charge in [0, 0.05) is 49.4 Å². The Bertz CT molecular complexity index is 8390. The van der Waals surface area contributed by atoms with E-state index in [4.69, 9.17) is 0 Å². The lowest BCUT2D eigenvalue weighted by Gasteiger charge is -2.16. The number of hydrogen-bond donors (Lipinski definition) is 0. The highest BCUT2D eigenvalue weighted by Gasteiger charge is 2.30. The monoisotopic (exact) mass is 1560 g/mol. The molecule has 0 spiro atoms. The lowest BCUT2D eigenvalue weighted by atomic mass is 9.93. The molecule has 0 saturated heterocycles. The van der Waals surface area contributed by atoms with Crippen LogP contribution in [0.1, 0.15) is 0 Å². The molecule has 123 heavy (non-hydrogen) atoms. The molecule has 3 nitrogen and oxygen atoms in total. The molecule has 27 rings (SSSR count). The average molecular weight is 1560 g/mol. The van der Waals surface area contributed by atoms with Gasteiger partial charge in [-0.2, -0.15) is 0 Å². The van der Waals surface area contributed by atoms with E-state index in [0.29, 0.717) is 0 Å². The van der Waals surface area contributed by atoms with E-state index >= 15 is 0 Å². The summed E-state index contributed by atoms with van der Waals surface area (Å²) in [6.45, 7) is 0. The number of benzene rings is 21. The Kier molecular flexibility index (Phi) is 16.1. The van der Waals surface area contributed by atoms with E-state index in [1.165, 1.54) is 248 Å². The van der Waals surface area contributed by atoms with Crippen LogP contribution >= 0.6 is 0 Å². The minimum absolute atomic E-state index is 1.17. The Morgan fingerprint density at radius 1 is 0.106 bits per heavy atom. The molecule has 24 aromatic rings. The van der Waals surface area contributed by atoms with Crippen molar-refractivity contribution in [1.82, 2.24) is 13.7 Å². The molecule has 3 heteroatoms. The van der Waals surface area contributed by atoms with Gasteiger partial charge in [0.2, 0.25) is 0 Å². The molecule has 0 bridgehead atoms. The van der Waals surface area contributed by atoms with E-state index in [9.17, 15) is 0 Å². The van der Waals surface area contributed by atoms with E-state index in [-0.39, 0.29) is 0 Å². The minimum Gasteiger partial charge on any atom is -0.309 e. The van der Waals surface area contributed by atoms with Crippen LogP contribution in [0.15, 0.2) is 455 Å². The maximum absolute atomic E-state index is 2.48. The summed E-state index contributed by atoms with van der Waals surface area (Å²) in [5, 5.41) is 15.9. The molecule has 3 aliphatic carbocycles. The predicted molar refractivity (Wildman–Crippen MR) is 521 cm³/mol. The van der Waals surface area contributed by atoms with Crippen LogP contribution in [-0.4, -0.2) is 13.7 Å². The van der Waals surface area contributed by atoms with E-state index in [1.54, 1.807) is 0 Å². The minimum atomic E-state index is 1.17. The Morgan fingerprint density at radius 2 is 0.350 bits per heavy atom. The van der Waals surface area contributed by atoms with Gasteiger partial charge in [-0.15, -0.1) is 0 Å². The number of hydrogen-bond acceptors (Lipinski definition) is 0. The zero-order valence-corrected chi connectivity index (χ0v) is 67.1. The normalized spacial score (nSPS) is 11.9. The predicted octanol–water partition coefficient (Wildman–Crippen LogP) is 32.8. The van der Waals surface area contributed by atoms with Crippen LogP contribution in [0.5, 0.6) is 0 Å². The molecule has 0 amide bonds.